The first kappa shape index (κ1) is 14.2. The van der Waals surface area contributed by atoms with Gasteiger partial charge in [-0.3, -0.25) is 0 Å². The molecule has 0 amide bonds. The van der Waals surface area contributed by atoms with E-state index in [4.69, 9.17) is 19.9 Å². The van der Waals surface area contributed by atoms with E-state index in [1.165, 1.54) is 0 Å². The maximum absolute atomic E-state index is 6.07. The number of para-hydroxylation sites is 1. The van der Waals surface area contributed by atoms with Crippen LogP contribution in [0.2, 0.25) is 0 Å². The fourth-order valence-electron chi connectivity index (χ4n) is 2.22. The highest BCUT2D eigenvalue weighted by atomic mass is 16.6. The number of rotatable bonds is 6. The van der Waals surface area contributed by atoms with Gasteiger partial charge in [-0.15, -0.1) is 0 Å². The van der Waals surface area contributed by atoms with Crippen molar-refractivity contribution in [2.24, 2.45) is 5.73 Å². The number of nitrogens with two attached hydrogens (primary N) is 1. The second-order valence-electron chi connectivity index (χ2n) is 4.92. The monoisotopic (exact) mass is 265 g/mol. The molecule has 1 aliphatic rings. The molecule has 2 rings (SSSR count). The van der Waals surface area contributed by atoms with Crippen molar-refractivity contribution in [2.45, 2.75) is 38.3 Å². The summed E-state index contributed by atoms with van der Waals surface area (Å²) in [5, 5.41) is 0. The summed E-state index contributed by atoms with van der Waals surface area (Å²) in [4.78, 5) is 0. The molecule has 0 aromatic heterocycles. The van der Waals surface area contributed by atoms with Gasteiger partial charge in [0.05, 0.1) is 20.3 Å². The minimum atomic E-state index is 0.118. The molecular weight excluding hydrogens is 242 g/mol. The number of benzene rings is 1. The van der Waals surface area contributed by atoms with Gasteiger partial charge in [-0.1, -0.05) is 19.1 Å². The van der Waals surface area contributed by atoms with Gasteiger partial charge in [0.25, 0.3) is 0 Å². The van der Waals surface area contributed by atoms with Gasteiger partial charge >= 0.3 is 0 Å². The molecule has 1 aromatic carbocycles. The third kappa shape index (κ3) is 3.61. The lowest BCUT2D eigenvalue weighted by molar-refractivity contribution is 0.138. The second kappa shape index (κ2) is 6.78. The van der Waals surface area contributed by atoms with Crippen molar-refractivity contribution in [3.63, 3.8) is 0 Å². The average molecular weight is 265 g/mol. The molecule has 0 saturated carbocycles. The van der Waals surface area contributed by atoms with Crippen molar-refractivity contribution in [1.29, 1.82) is 0 Å². The van der Waals surface area contributed by atoms with Gasteiger partial charge in [-0.25, -0.2) is 0 Å². The number of ether oxygens (including phenoxy) is 3. The van der Waals surface area contributed by atoms with Crippen LogP contribution in [0.3, 0.4) is 0 Å². The van der Waals surface area contributed by atoms with Crippen molar-refractivity contribution in [1.82, 2.24) is 0 Å². The third-order valence-electron chi connectivity index (χ3n) is 3.46. The Morgan fingerprint density at radius 1 is 1.47 bits per heavy atom. The Kier molecular flexibility index (Phi) is 5.05. The molecule has 19 heavy (non-hydrogen) atoms. The van der Waals surface area contributed by atoms with Crippen LogP contribution in [0, 0.1) is 0 Å². The zero-order valence-corrected chi connectivity index (χ0v) is 11.7. The van der Waals surface area contributed by atoms with E-state index in [-0.39, 0.29) is 12.1 Å². The Hall–Kier alpha value is -1.26. The van der Waals surface area contributed by atoms with E-state index in [1.807, 2.05) is 12.1 Å². The largest absolute Gasteiger partial charge is 0.493 e. The first-order valence-corrected chi connectivity index (χ1v) is 6.90. The molecule has 2 unspecified atom stereocenters. The van der Waals surface area contributed by atoms with Crippen molar-refractivity contribution in [3.05, 3.63) is 23.8 Å². The standard InChI is InChI=1S/C15H23NO3/c1-3-12(16)9-11-5-4-6-14(17-2)15(11)19-13-7-8-18-10-13/h4-6,12-13H,3,7-10,16H2,1-2H3. The van der Waals surface area contributed by atoms with E-state index in [0.29, 0.717) is 6.61 Å². The molecule has 0 bridgehead atoms. The molecule has 1 heterocycles. The maximum atomic E-state index is 6.07. The predicted molar refractivity (Wildman–Crippen MR) is 74.8 cm³/mol. The highest BCUT2D eigenvalue weighted by Gasteiger charge is 2.21. The van der Waals surface area contributed by atoms with Crippen molar-refractivity contribution in [3.8, 4) is 11.5 Å². The van der Waals surface area contributed by atoms with E-state index in [0.717, 1.165) is 42.9 Å². The first-order valence-electron chi connectivity index (χ1n) is 6.90. The number of hydrogen-bond acceptors (Lipinski definition) is 4. The van der Waals surface area contributed by atoms with Gasteiger partial charge in [0.1, 0.15) is 6.10 Å². The molecule has 2 atom stereocenters. The van der Waals surface area contributed by atoms with Crippen LogP contribution in [0.4, 0.5) is 0 Å². The molecular formula is C15H23NO3. The molecule has 2 N–H and O–H groups in total. The van der Waals surface area contributed by atoms with Gasteiger partial charge in [0, 0.05) is 12.5 Å². The Labute approximate surface area is 114 Å². The average Bonchev–Trinajstić information content (AvgIpc) is 2.93. The second-order valence-corrected chi connectivity index (χ2v) is 4.92. The lowest BCUT2D eigenvalue weighted by Gasteiger charge is -2.19. The summed E-state index contributed by atoms with van der Waals surface area (Å²) in [5.74, 6) is 1.59. The molecule has 1 aromatic rings. The fraction of sp³-hybridized carbons (Fsp3) is 0.600. The summed E-state index contributed by atoms with van der Waals surface area (Å²) in [5.41, 5.74) is 7.16. The Balaban J connectivity index is 2.20. The molecule has 0 spiro atoms. The van der Waals surface area contributed by atoms with Gasteiger partial charge in [-0.2, -0.15) is 0 Å². The van der Waals surface area contributed by atoms with Gasteiger partial charge in [-0.05, 0) is 24.5 Å². The molecule has 1 fully saturated rings. The zero-order chi connectivity index (χ0) is 13.7. The van der Waals surface area contributed by atoms with Crippen LogP contribution in [-0.2, 0) is 11.2 Å². The highest BCUT2D eigenvalue weighted by molar-refractivity contribution is 5.47. The minimum Gasteiger partial charge on any atom is -0.493 e. The van der Waals surface area contributed by atoms with E-state index in [9.17, 15) is 0 Å². The summed E-state index contributed by atoms with van der Waals surface area (Å²) in [7, 11) is 1.66. The normalized spacial score (nSPS) is 20.3. The third-order valence-corrected chi connectivity index (χ3v) is 3.46. The van der Waals surface area contributed by atoms with E-state index in [1.54, 1.807) is 7.11 Å². The fourth-order valence-corrected chi connectivity index (χ4v) is 2.22. The molecule has 0 aliphatic carbocycles. The minimum absolute atomic E-state index is 0.118. The lowest BCUT2D eigenvalue weighted by atomic mass is 10.0. The summed E-state index contributed by atoms with van der Waals surface area (Å²) in [6.07, 6.45) is 2.80. The SMILES string of the molecule is CCC(N)Cc1cccc(OC)c1OC1CCOC1. The molecule has 1 saturated heterocycles. The summed E-state index contributed by atoms with van der Waals surface area (Å²) < 4.78 is 16.8. The smallest absolute Gasteiger partial charge is 0.164 e. The Morgan fingerprint density at radius 3 is 2.95 bits per heavy atom. The molecule has 4 heteroatoms. The highest BCUT2D eigenvalue weighted by Crippen LogP contribution is 2.33. The number of methoxy groups -OCH3 is 1. The Bertz CT molecular complexity index is 402. The van der Waals surface area contributed by atoms with Crippen LogP contribution in [0.5, 0.6) is 11.5 Å². The lowest BCUT2D eigenvalue weighted by Crippen LogP contribution is -2.23. The van der Waals surface area contributed by atoms with Crippen molar-refractivity contribution >= 4 is 0 Å². The molecule has 106 valence electrons. The van der Waals surface area contributed by atoms with Crippen LogP contribution < -0.4 is 15.2 Å². The van der Waals surface area contributed by atoms with E-state index in [2.05, 4.69) is 13.0 Å². The van der Waals surface area contributed by atoms with Crippen LogP contribution in [0.1, 0.15) is 25.3 Å². The van der Waals surface area contributed by atoms with Gasteiger partial charge in [0.2, 0.25) is 0 Å². The number of hydrogen-bond donors (Lipinski definition) is 1. The summed E-state index contributed by atoms with van der Waals surface area (Å²) in [6.45, 7) is 3.51. The van der Waals surface area contributed by atoms with Crippen LogP contribution in [-0.4, -0.2) is 32.5 Å². The molecule has 1 aliphatic heterocycles. The van der Waals surface area contributed by atoms with Crippen molar-refractivity contribution in [2.75, 3.05) is 20.3 Å². The molecule has 4 nitrogen and oxygen atoms in total. The van der Waals surface area contributed by atoms with E-state index < -0.39 is 0 Å². The maximum Gasteiger partial charge on any atom is 0.164 e. The van der Waals surface area contributed by atoms with E-state index >= 15 is 0 Å². The van der Waals surface area contributed by atoms with Crippen LogP contribution >= 0.6 is 0 Å². The zero-order valence-electron chi connectivity index (χ0n) is 11.7. The first-order chi connectivity index (χ1) is 9.24. The topological polar surface area (TPSA) is 53.7 Å². The van der Waals surface area contributed by atoms with Crippen molar-refractivity contribution < 1.29 is 14.2 Å². The van der Waals surface area contributed by atoms with Crippen LogP contribution in [0.15, 0.2) is 18.2 Å². The van der Waals surface area contributed by atoms with Crippen LogP contribution in [0.25, 0.3) is 0 Å². The van der Waals surface area contributed by atoms with Gasteiger partial charge in [0.15, 0.2) is 11.5 Å². The Morgan fingerprint density at radius 2 is 2.32 bits per heavy atom. The summed E-state index contributed by atoms with van der Waals surface area (Å²) >= 11 is 0. The van der Waals surface area contributed by atoms with Gasteiger partial charge < -0.3 is 19.9 Å². The predicted octanol–water partition coefficient (Wildman–Crippen LogP) is 2.14. The molecule has 0 radical (unpaired) electrons. The summed E-state index contributed by atoms with van der Waals surface area (Å²) in [6, 6.07) is 6.11. The quantitative estimate of drug-likeness (QED) is 0.856.